The van der Waals surface area contributed by atoms with Crippen LogP contribution in [0.3, 0.4) is 0 Å². The summed E-state index contributed by atoms with van der Waals surface area (Å²) in [4.78, 5) is 36.3. The van der Waals surface area contributed by atoms with Crippen molar-refractivity contribution in [2.45, 2.75) is 20.3 Å². The largest absolute Gasteiger partial charge is 0.426 e. The van der Waals surface area contributed by atoms with E-state index in [1.807, 2.05) is 0 Å². The minimum Gasteiger partial charge on any atom is -0.426 e. The van der Waals surface area contributed by atoms with Crippen LogP contribution < -0.4 is 4.74 Å². The van der Waals surface area contributed by atoms with Crippen molar-refractivity contribution in [3.63, 3.8) is 0 Å². The molecular formula is C19H20N2O5. The maximum absolute atomic E-state index is 12.3. The monoisotopic (exact) mass is 356 g/mol. The number of hydrogen-bond acceptors (Lipinski definition) is 5. The normalized spacial score (nSPS) is 10.3. The van der Waals surface area contributed by atoms with Crippen molar-refractivity contribution in [1.82, 2.24) is 4.90 Å². The van der Waals surface area contributed by atoms with Gasteiger partial charge in [0.15, 0.2) is 0 Å². The molecule has 0 heterocycles. The highest BCUT2D eigenvalue weighted by atomic mass is 16.6. The number of nitro groups is 1. The lowest BCUT2D eigenvalue weighted by atomic mass is 10.0. The zero-order chi connectivity index (χ0) is 19.4. The van der Waals surface area contributed by atoms with Gasteiger partial charge in [-0.1, -0.05) is 18.2 Å². The predicted octanol–water partition coefficient (Wildman–Crippen LogP) is 3.06. The summed E-state index contributed by atoms with van der Waals surface area (Å²) in [5.41, 5.74) is 2.05. The molecule has 0 fully saturated rings. The average molecular weight is 356 g/mol. The third-order valence-corrected chi connectivity index (χ3v) is 4.01. The van der Waals surface area contributed by atoms with Crippen molar-refractivity contribution in [1.29, 1.82) is 0 Å². The summed E-state index contributed by atoms with van der Waals surface area (Å²) in [6, 6.07) is 9.48. The van der Waals surface area contributed by atoms with Crippen molar-refractivity contribution >= 4 is 17.6 Å². The number of nitrogens with zero attached hydrogens (tertiary/aromatic N) is 2. The molecule has 26 heavy (non-hydrogen) atoms. The SMILES string of the molecule is Cc1ccc(C(=O)N(C)C)cc1OC(=O)Cc1cccc([N+](=O)[O-])c1C. The molecule has 0 atom stereocenters. The van der Waals surface area contributed by atoms with Gasteiger partial charge in [-0.15, -0.1) is 0 Å². The summed E-state index contributed by atoms with van der Waals surface area (Å²) in [5.74, 6) is -0.450. The van der Waals surface area contributed by atoms with Crippen LogP contribution in [0.1, 0.15) is 27.0 Å². The molecule has 7 nitrogen and oxygen atoms in total. The first kappa shape index (κ1) is 19.1. The van der Waals surface area contributed by atoms with E-state index < -0.39 is 10.9 Å². The van der Waals surface area contributed by atoms with Gasteiger partial charge in [-0.05, 0) is 37.1 Å². The Morgan fingerprint density at radius 1 is 1.15 bits per heavy atom. The molecule has 2 aromatic carbocycles. The minimum absolute atomic E-state index is 0.0370. The van der Waals surface area contributed by atoms with Gasteiger partial charge in [0.05, 0.1) is 11.3 Å². The maximum Gasteiger partial charge on any atom is 0.315 e. The number of ether oxygens (including phenoxy) is 1. The lowest BCUT2D eigenvalue weighted by Crippen LogP contribution is -2.22. The van der Waals surface area contributed by atoms with E-state index in [1.54, 1.807) is 46.1 Å². The summed E-state index contributed by atoms with van der Waals surface area (Å²) >= 11 is 0. The molecule has 136 valence electrons. The molecule has 0 saturated carbocycles. The van der Waals surface area contributed by atoms with Crippen LogP contribution in [0.4, 0.5) is 5.69 Å². The van der Waals surface area contributed by atoms with E-state index in [-0.39, 0.29) is 18.0 Å². The fourth-order valence-corrected chi connectivity index (χ4v) is 2.47. The highest BCUT2D eigenvalue weighted by molar-refractivity contribution is 5.94. The van der Waals surface area contributed by atoms with Crippen molar-refractivity contribution in [2.75, 3.05) is 14.1 Å². The Bertz CT molecular complexity index is 874. The number of nitro benzene ring substituents is 1. The predicted molar refractivity (Wildman–Crippen MR) is 96.4 cm³/mol. The quantitative estimate of drug-likeness (QED) is 0.355. The number of carbonyl (C=O) groups excluding carboxylic acids is 2. The molecule has 0 radical (unpaired) electrons. The second-order valence-electron chi connectivity index (χ2n) is 6.15. The second-order valence-corrected chi connectivity index (χ2v) is 6.15. The van der Waals surface area contributed by atoms with E-state index in [4.69, 9.17) is 4.74 Å². The van der Waals surface area contributed by atoms with Crippen molar-refractivity contribution in [2.24, 2.45) is 0 Å². The zero-order valence-electron chi connectivity index (χ0n) is 15.1. The van der Waals surface area contributed by atoms with Crippen LogP contribution in [0.2, 0.25) is 0 Å². The molecule has 2 rings (SSSR count). The maximum atomic E-state index is 12.3. The van der Waals surface area contributed by atoms with Gasteiger partial charge < -0.3 is 9.64 Å². The molecule has 0 aliphatic rings. The van der Waals surface area contributed by atoms with E-state index in [2.05, 4.69) is 0 Å². The van der Waals surface area contributed by atoms with E-state index in [0.717, 1.165) is 0 Å². The summed E-state index contributed by atoms with van der Waals surface area (Å²) in [5, 5.41) is 11.0. The van der Waals surface area contributed by atoms with E-state index >= 15 is 0 Å². The summed E-state index contributed by atoms with van der Waals surface area (Å²) in [6.07, 6.45) is -0.0984. The number of esters is 1. The number of benzene rings is 2. The number of aryl methyl sites for hydroxylation is 1. The Hall–Kier alpha value is -3.22. The van der Waals surface area contributed by atoms with Crippen molar-refractivity contribution < 1.29 is 19.2 Å². The van der Waals surface area contributed by atoms with E-state index in [1.165, 1.54) is 23.1 Å². The number of carbonyl (C=O) groups is 2. The number of amides is 1. The topological polar surface area (TPSA) is 89.8 Å². The second kappa shape index (κ2) is 7.77. The third kappa shape index (κ3) is 4.24. The van der Waals surface area contributed by atoms with Crippen LogP contribution in [0.15, 0.2) is 36.4 Å². The fraction of sp³-hybridized carbons (Fsp3) is 0.263. The van der Waals surface area contributed by atoms with Crippen molar-refractivity contribution in [3.8, 4) is 5.75 Å². The Labute approximate surface area is 151 Å². The Morgan fingerprint density at radius 2 is 1.85 bits per heavy atom. The number of hydrogen-bond donors (Lipinski definition) is 0. The van der Waals surface area contributed by atoms with Gasteiger partial charge in [0.1, 0.15) is 5.75 Å². The van der Waals surface area contributed by atoms with Crippen LogP contribution in [0, 0.1) is 24.0 Å². The van der Waals surface area contributed by atoms with Crippen LogP contribution in [-0.4, -0.2) is 35.8 Å². The standard InChI is InChI=1S/C19H20N2O5/c1-12-8-9-15(19(23)20(3)4)10-17(12)26-18(22)11-14-6-5-7-16(13(14)2)21(24)25/h5-10H,11H2,1-4H3. The molecule has 0 unspecified atom stereocenters. The van der Waals surface area contributed by atoms with Gasteiger partial charge in [0, 0.05) is 31.3 Å². The van der Waals surface area contributed by atoms with Gasteiger partial charge in [0.25, 0.3) is 11.6 Å². The van der Waals surface area contributed by atoms with Gasteiger partial charge in [-0.25, -0.2) is 0 Å². The fourth-order valence-electron chi connectivity index (χ4n) is 2.47. The first-order chi connectivity index (χ1) is 12.2. The summed E-state index contributed by atoms with van der Waals surface area (Å²) in [7, 11) is 3.28. The van der Waals surface area contributed by atoms with Crippen LogP contribution in [0.5, 0.6) is 5.75 Å². The Morgan fingerprint density at radius 3 is 2.46 bits per heavy atom. The smallest absolute Gasteiger partial charge is 0.315 e. The summed E-state index contributed by atoms with van der Waals surface area (Å²) < 4.78 is 5.40. The lowest BCUT2D eigenvalue weighted by molar-refractivity contribution is -0.385. The highest BCUT2D eigenvalue weighted by Crippen LogP contribution is 2.24. The first-order valence-corrected chi connectivity index (χ1v) is 7.96. The highest BCUT2D eigenvalue weighted by Gasteiger charge is 2.17. The zero-order valence-corrected chi connectivity index (χ0v) is 15.1. The number of rotatable bonds is 5. The molecule has 0 aromatic heterocycles. The first-order valence-electron chi connectivity index (χ1n) is 7.96. The molecule has 0 aliphatic carbocycles. The molecule has 0 N–H and O–H groups in total. The van der Waals surface area contributed by atoms with Crippen LogP contribution in [-0.2, 0) is 11.2 Å². The molecule has 7 heteroatoms. The van der Waals surface area contributed by atoms with Crippen molar-refractivity contribution in [3.05, 3.63) is 68.8 Å². The molecule has 2 aromatic rings. The average Bonchev–Trinajstić information content (AvgIpc) is 2.57. The Kier molecular flexibility index (Phi) is 5.71. The summed E-state index contributed by atoms with van der Waals surface area (Å²) in [6.45, 7) is 3.37. The molecular weight excluding hydrogens is 336 g/mol. The Balaban J connectivity index is 2.21. The molecule has 0 bridgehead atoms. The van der Waals surface area contributed by atoms with Gasteiger partial charge >= 0.3 is 5.97 Å². The van der Waals surface area contributed by atoms with Gasteiger partial charge in [-0.2, -0.15) is 0 Å². The van der Waals surface area contributed by atoms with E-state index in [0.29, 0.717) is 28.0 Å². The minimum atomic E-state index is -0.550. The van der Waals surface area contributed by atoms with Crippen LogP contribution in [0.25, 0.3) is 0 Å². The van der Waals surface area contributed by atoms with Gasteiger partial charge in [-0.3, -0.25) is 19.7 Å². The molecule has 1 amide bonds. The lowest BCUT2D eigenvalue weighted by Gasteiger charge is -2.13. The molecule has 0 aliphatic heterocycles. The van der Waals surface area contributed by atoms with E-state index in [9.17, 15) is 19.7 Å². The van der Waals surface area contributed by atoms with Gasteiger partial charge in [0.2, 0.25) is 0 Å². The van der Waals surface area contributed by atoms with Crippen LogP contribution >= 0.6 is 0 Å². The molecule has 0 saturated heterocycles. The molecule has 0 spiro atoms. The third-order valence-electron chi connectivity index (χ3n) is 4.01.